The van der Waals surface area contributed by atoms with Gasteiger partial charge in [-0.3, -0.25) is 0 Å². The van der Waals surface area contributed by atoms with Crippen molar-refractivity contribution in [3.8, 4) is 0 Å². The van der Waals surface area contributed by atoms with E-state index in [4.69, 9.17) is 28.9 Å². The molecule has 0 saturated carbocycles. The molecule has 1 heterocycles. The first kappa shape index (κ1) is 13.5. The molecular weight excluding hydrogens is 287 g/mol. The van der Waals surface area contributed by atoms with Crippen LogP contribution in [0.2, 0.25) is 10.2 Å². The molecule has 2 nitrogen and oxygen atoms in total. The minimum Gasteiger partial charge on any atom is -0.398 e. The van der Waals surface area contributed by atoms with Gasteiger partial charge in [0.1, 0.15) is 5.15 Å². The lowest BCUT2D eigenvalue weighted by Crippen LogP contribution is -1.92. The van der Waals surface area contributed by atoms with Crippen molar-refractivity contribution in [3.63, 3.8) is 0 Å². The smallest absolute Gasteiger partial charge is 0.129 e. The van der Waals surface area contributed by atoms with E-state index >= 15 is 0 Å². The summed E-state index contributed by atoms with van der Waals surface area (Å²) in [5, 5.41) is 1.07. The van der Waals surface area contributed by atoms with Crippen LogP contribution in [0.3, 0.4) is 0 Å². The minimum atomic E-state index is 0.451. The largest absolute Gasteiger partial charge is 0.398 e. The molecule has 2 N–H and O–H groups in total. The summed E-state index contributed by atoms with van der Waals surface area (Å²) in [4.78, 5) is 5.25. The Bertz CT molecular complexity index is 521. The van der Waals surface area contributed by atoms with E-state index in [1.54, 1.807) is 23.9 Å². The van der Waals surface area contributed by atoms with Crippen molar-refractivity contribution < 1.29 is 0 Å². The van der Waals surface area contributed by atoms with Crippen LogP contribution in [0, 0.1) is 6.92 Å². The van der Waals surface area contributed by atoms with E-state index in [1.165, 1.54) is 5.56 Å². The molecule has 1 aromatic carbocycles. The van der Waals surface area contributed by atoms with Gasteiger partial charge in [-0.2, -0.15) is 0 Å². The fourth-order valence-electron chi connectivity index (χ4n) is 1.47. The van der Waals surface area contributed by atoms with Gasteiger partial charge in [-0.15, -0.1) is 11.8 Å². The number of nitrogen functional groups attached to an aromatic ring is 1. The maximum Gasteiger partial charge on any atom is 0.129 e. The second kappa shape index (κ2) is 5.83. The zero-order chi connectivity index (χ0) is 13.1. The van der Waals surface area contributed by atoms with Gasteiger partial charge >= 0.3 is 0 Å². The SMILES string of the molecule is Cc1ccc(N)c(SCc2nc(Cl)ccc2Cl)c1. The normalized spacial score (nSPS) is 10.6. The molecule has 0 aliphatic heterocycles. The van der Waals surface area contributed by atoms with E-state index in [0.29, 0.717) is 15.9 Å². The molecule has 1 aromatic heterocycles. The van der Waals surface area contributed by atoms with Crippen molar-refractivity contribution in [2.45, 2.75) is 17.6 Å². The van der Waals surface area contributed by atoms with Gasteiger partial charge in [0.25, 0.3) is 0 Å². The van der Waals surface area contributed by atoms with Crippen molar-refractivity contribution in [2.24, 2.45) is 0 Å². The Morgan fingerprint density at radius 2 is 2.00 bits per heavy atom. The number of thioether (sulfide) groups is 1. The van der Waals surface area contributed by atoms with E-state index in [1.807, 2.05) is 19.1 Å². The van der Waals surface area contributed by atoms with Gasteiger partial charge in [-0.1, -0.05) is 29.3 Å². The average molecular weight is 299 g/mol. The van der Waals surface area contributed by atoms with Crippen LogP contribution in [0.15, 0.2) is 35.2 Å². The molecule has 0 radical (unpaired) electrons. The lowest BCUT2D eigenvalue weighted by Gasteiger charge is -2.07. The average Bonchev–Trinajstić information content (AvgIpc) is 2.34. The Morgan fingerprint density at radius 3 is 2.78 bits per heavy atom. The monoisotopic (exact) mass is 298 g/mol. The predicted octanol–water partition coefficient (Wildman–Crippen LogP) is 4.57. The highest BCUT2D eigenvalue weighted by Gasteiger charge is 2.06. The van der Waals surface area contributed by atoms with Gasteiger partial charge in [0.05, 0.1) is 10.7 Å². The van der Waals surface area contributed by atoms with Crippen molar-refractivity contribution in [2.75, 3.05) is 5.73 Å². The number of benzene rings is 1. The Balaban J connectivity index is 2.16. The molecule has 0 aliphatic carbocycles. The Kier molecular flexibility index (Phi) is 4.38. The first-order valence-corrected chi connectivity index (χ1v) is 7.10. The van der Waals surface area contributed by atoms with Gasteiger partial charge in [0.15, 0.2) is 0 Å². The van der Waals surface area contributed by atoms with Crippen LogP contribution < -0.4 is 5.73 Å². The maximum atomic E-state index is 6.07. The Morgan fingerprint density at radius 1 is 1.22 bits per heavy atom. The van der Waals surface area contributed by atoms with Crippen molar-refractivity contribution in [3.05, 3.63) is 51.8 Å². The van der Waals surface area contributed by atoms with E-state index in [-0.39, 0.29) is 0 Å². The third-order valence-corrected chi connectivity index (χ3v) is 4.06. The number of hydrogen-bond acceptors (Lipinski definition) is 3. The van der Waals surface area contributed by atoms with E-state index < -0.39 is 0 Å². The van der Waals surface area contributed by atoms with Gasteiger partial charge in [0, 0.05) is 16.3 Å². The molecule has 0 atom stereocenters. The topological polar surface area (TPSA) is 38.9 Å². The number of nitrogens with zero attached hydrogens (tertiary/aromatic N) is 1. The van der Waals surface area contributed by atoms with Crippen molar-refractivity contribution in [1.29, 1.82) is 0 Å². The number of pyridine rings is 1. The first-order valence-electron chi connectivity index (χ1n) is 5.36. The highest BCUT2D eigenvalue weighted by atomic mass is 35.5. The molecule has 5 heteroatoms. The summed E-state index contributed by atoms with van der Waals surface area (Å²) < 4.78 is 0. The lowest BCUT2D eigenvalue weighted by atomic mass is 10.2. The van der Waals surface area contributed by atoms with Crippen LogP contribution in [-0.4, -0.2) is 4.98 Å². The summed E-state index contributed by atoms with van der Waals surface area (Å²) in [7, 11) is 0. The number of hydrogen-bond donors (Lipinski definition) is 1. The molecule has 0 saturated heterocycles. The molecule has 0 unspecified atom stereocenters. The molecule has 0 fully saturated rings. The fraction of sp³-hybridized carbons (Fsp3) is 0.154. The quantitative estimate of drug-likeness (QED) is 0.512. The highest BCUT2D eigenvalue weighted by Crippen LogP contribution is 2.30. The van der Waals surface area contributed by atoms with Crippen molar-refractivity contribution in [1.82, 2.24) is 4.98 Å². The molecular formula is C13H12Cl2N2S. The second-order valence-electron chi connectivity index (χ2n) is 3.89. The van der Waals surface area contributed by atoms with E-state index in [2.05, 4.69) is 11.1 Å². The predicted molar refractivity (Wildman–Crippen MR) is 79.4 cm³/mol. The second-order valence-corrected chi connectivity index (χ2v) is 5.70. The zero-order valence-electron chi connectivity index (χ0n) is 9.78. The summed E-state index contributed by atoms with van der Waals surface area (Å²) in [6.07, 6.45) is 0. The molecule has 18 heavy (non-hydrogen) atoms. The minimum absolute atomic E-state index is 0.451. The number of aryl methyl sites for hydroxylation is 1. The van der Waals surface area contributed by atoms with Gasteiger partial charge in [-0.25, -0.2) is 4.98 Å². The number of aromatic nitrogens is 1. The Labute approximate surface area is 121 Å². The van der Waals surface area contributed by atoms with Crippen LogP contribution in [0.4, 0.5) is 5.69 Å². The standard InChI is InChI=1S/C13H12Cl2N2S/c1-8-2-4-10(16)12(6-8)18-7-11-9(14)3-5-13(15)17-11/h2-6H,7,16H2,1H3. The maximum absolute atomic E-state index is 6.07. The summed E-state index contributed by atoms with van der Waals surface area (Å²) in [6, 6.07) is 9.39. The summed E-state index contributed by atoms with van der Waals surface area (Å²) in [5.74, 6) is 0.646. The van der Waals surface area contributed by atoms with Crippen LogP contribution in [0.1, 0.15) is 11.3 Å². The number of halogens is 2. The van der Waals surface area contributed by atoms with Gasteiger partial charge in [0.2, 0.25) is 0 Å². The van der Waals surface area contributed by atoms with Crippen molar-refractivity contribution >= 4 is 40.7 Å². The fourth-order valence-corrected chi connectivity index (χ4v) is 2.90. The number of rotatable bonds is 3. The summed E-state index contributed by atoms with van der Waals surface area (Å²) in [6.45, 7) is 2.04. The van der Waals surface area contributed by atoms with Crippen LogP contribution in [0.5, 0.6) is 0 Å². The molecule has 94 valence electrons. The lowest BCUT2D eigenvalue weighted by molar-refractivity contribution is 1.17. The highest BCUT2D eigenvalue weighted by molar-refractivity contribution is 7.98. The zero-order valence-corrected chi connectivity index (χ0v) is 12.1. The van der Waals surface area contributed by atoms with E-state index in [0.717, 1.165) is 16.3 Å². The molecule has 0 bridgehead atoms. The third-order valence-electron chi connectivity index (χ3n) is 2.42. The number of nitrogens with two attached hydrogens (primary N) is 1. The molecule has 0 spiro atoms. The first-order chi connectivity index (χ1) is 8.56. The molecule has 0 aliphatic rings. The number of anilines is 1. The van der Waals surface area contributed by atoms with Gasteiger partial charge in [-0.05, 0) is 36.8 Å². The van der Waals surface area contributed by atoms with Gasteiger partial charge < -0.3 is 5.73 Å². The van der Waals surface area contributed by atoms with Crippen LogP contribution in [0.25, 0.3) is 0 Å². The third kappa shape index (κ3) is 3.31. The molecule has 2 aromatic rings. The molecule has 2 rings (SSSR count). The van der Waals surface area contributed by atoms with Crippen LogP contribution >= 0.6 is 35.0 Å². The van der Waals surface area contributed by atoms with Crippen LogP contribution in [-0.2, 0) is 5.75 Å². The molecule has 0 amide bonds. The Hall–Kier alpha value is -0.900. The summed E-state index contributed by atoms with van der Waals surface area (Å²) >= 11 is 13.5. The summed E-state index contributed by atoms with van der Waals surface area (Å²) in [5.41, 5.74) is 8.64. The van der Waals surface area contributed by atoms with E-state index in [9.17, 15) is 0 Å².